The molecule has 2 aromatic carbocycles. The van der Waals surface area contributed by atoms with Crippen LogP contribution in [0.1, 0.15) is 28.8 Å². The smallest absolute Gasteiger partial charge is 0.342 e. The maximum atomic E-state index is 12.8. The minimum absolute atomic E-state index is 0.204. The number of nitrogens with one attached hydrogen (secondary N) is 1. The van der Waals surface area contributed by atoms with Crippen LogP contribution < -0.4 is 5.32 Å². The van der Waals surface area contributed by atoms with Crippen molar-refractivity contribution in [3.8, 4) is 0 Å². The van der Waals surface area contributed by atoms with Gasteiger partial charge in [0.05, 0.1) is 15.6 Å². The Kier molecular flexibility index (Phi) is 5.50. The summed E-state index contributed by atoms with van der Waals surface area (Å²) in [6.45, 7) is 1.56. The molecule has 1 aliphatic heterocycles. The lowest BCUT2D eigenvalue weighted by molar-refractivity contribution is -0.0378. The zero-order valence-electron chi connectivity index (χ0n) is 12.8. The molecular weight excluding hydrogens is 413 g/mol. The third-order valence-corrected chi connectivity index (χ3v) is 5.26. The third kappa shape index (κ3) is 3.62. The van der Waals surface area contributed by atoms with E-state index in [0.717, 1.165) is 18.7 Å². The number of ether oxygens (including phenoxy) is 1. The predicted molar refractivity (Wildman–Crippen MR) is 99.8 cm³/mol. The number of piperidine rings is 1. The van der Waals surface area contributed by atoms with Gasteiger partial charge in [0.15, 0.2) is 0 Å². The van der Waals surface area contributed by atoms with Gasteiger partial charge in [-0.1, -0.05) is 69.5 Å². The summed E-state index contributed by atoms with van der Waals surface area (Å²) in [5.41, 5.74) is 0.531. The molecule has 126 valence electrons. The van der Waals surface area contributed by atoms with Gasteiger partial charge in [0.2, 0.25) is 0 Å². The summed E-state index contributed by atoms with van der Waals surface area (Å²) in [4.78, 5) is 12.8. The van der Waals surface area contributed by atoms with Crippen LogP contribution in [0.5, 0.6) is 0 Å². The van der Waals surface area contributed by atoms with E-state index in [2.05, 4.69) is 21.2 Å². The van der Waals surface area contributed by atoms with Crippen LogP contribution in [0.3, 0.4) is 0 Å². The summed E-state index contributed by atoms with van der Waals surface area (Å²) in [5.74, 6) is -0.497. The van der Waals surface area contributed by atoms with Crippen molar-refractivity contribution in [2.75, 3.05) is 13.1 Å². The molecule has 0 bridgehead atoms. The largest absolute Gasteiger partial charge is 0.450 e. The summed E-state index contributed by atoms with van der Waals surface area (Å²) in [7, 11) is 0. The molecule has 3 rings (SSSR count). The van der Waals surface area contributed by atoms with Crippen molar-refractivity contribution >= 4 is 45.1 Å². The minimum Gasteiger partial charge on any atom is -0.450 e. The molecule has 0 amide bonds. The van der Waals surface area contributed by atoms with Crippen molar-refractivity contribution in [1.82, 2.24) is 5.32 Å². The van der Waals surface area contributed by atoms with Gasteiger partial charge in [0, 0.05) is 17.3 Å². The number of hydrogen-bond donors (Lipinski definition) is 1. The summed E-state index contributed by atoms with van der Waals surface area (Å²) < 4.78 is 6.71. The van der Waals surface area contributed by atoms with Crippen molar-refractivity contribution in [2.45, 2.75) is 18.4 Å². The van der Waals surface area contributed by atoms with E-state index in [0.29, 0.717) is 17.3 Å². The lowest BCUT2D eigenvalue weighted by Gasteiger charge is -2.37. The Labute approximate surface area is 159 Å². The number of esters is 1. The highest BCUT2D eigenvalue weighted by Crippen LogP contribution is 2.38. The second-order valence-corrected chi connectivity index (χ2v) is 7.47. The highest BCUT2D eigenvalue weighted by Gasteiger charge is 2.38. The molecule has 1 saturated heterocycles. The van der Waals surface area contributed by atoms with Gasteiger partial charge in [-0.3, -0.25) is 0 Å². The van der Waals surface area contributed by atoms with Crippen molar-refractivity contribution in [3.05, 3.63) is 68.1 Å². The molecule has 2 aromatic rings. The highest BCUT2D eigenvalue weighted by molar-refractivity contribution is 9.10. The lowest BCUT2D eigenvalue weighted by Crippen LogP contribution is -2.43. The Morgan fingerprint density at radius 1 is 1.08 bits per heavy atom. The molecule has 3 nitrogen and oxygen atoms in total. The number of carbonyl (C=O) groups is 1. The van der Waals surface area contributed by atoms with Gasteiger partial charge in [0.1, 0.15) is 5.60 Å². The van der Waals surface area contributed by atoms with Gasteiger partial charge in [-0.2, -0.15) is 0 Å². The molecule has 0 radical (unpaired) electrons. The maximum absolute atomic E-state index is 12.8. The second-order valence-electron chi connectivity index (χ2n) is 5.74. The van der Waals surface area contributed by atoms with E-state index in [9.17, 15) is 4.79 Å². The van der Waals surface area contributed by atoms with Crippen molar-refractivity contribution in [3.63, 3.8) is 0 Å². The third-order valence-electron chi connectivity index (χ3n) is 4.21. The van der Waals surface area contributed by atoms with Crippen LogP contribution in [-0.2, 0) is 10.3 Å². The first-order valence-electron chi connectivity index (χ1n) is 7.66. The van der Waals surface area contributed by atoms with E-state index in [1.807, 2.05) is 30.3 Å². The fourth-order valence-electron chi connectivity index (χ4n) is 2.99. The number of carbonyl (C=O) groups excluding carboxylic acids is 1. The van der Waals surface area contributed by atoms with Gasteiger partial charge in [-0.05, 0) is 30.8 Å². The Morgan fingerprint density at radius 2 is 1.67 bits per heavy atom. The molecule has 0 atom stereocenters. The molecule has 1 heterocycles. The quantitative estimate of drug-likeness (QED) is 0.683. The number of benzene rings is 2. The van der Waals surface area contributed by atoms with Gasteiger partial charge < -0.3 is 10.1 Å². The molecular formula is C18H16BrCl2NO2. The normalized spacial score (nSPS) is 16.6. The lowest BCUT2D eigenvalue weighted by atomic mass is 9.84. The average molecular weight is 429 g/mol. The molecule has 24 heavy (non-hydrogen) atoms. The van der Waals surface area contributed by atoms with Crippen LogP contribution in [0, 0.1) is 0 Å². The molecule has 0 aromatic heterocycles. The van der Waals surface area contributed by atoms with E-state index >= 15 is 0 Å². The van der Waals surface area contributed by atoms with Crippen molar-refractivity contribution < 1.29 is 9.53 Å². The van der Waals surface area contributed by atoms with E-state index in [1.165, 1.54) is 0 Å². The van der Waals surface area contributed by atoms with Gasteiger partial charge in [-0.25, -0.2) is 4.79 Å². The minimum atomic E-state index is -0.663. The van der Waals surface area contributed by atoms with Crippen LogP contribution in [0.2, 0.25) is 10.0 Å². The van der Waals surface area contributed by atoms with Crippen molar-refractivity contribution in [1.29, 1.82) is 0 Å². The Balaban J connectivity index is 1.95. The van der Waals surface area contributed by atoms with E-state index < -0.39 is 11.6 Å². The first-order chi connectivity index (χ1) is 11.5. The van der Waals surface area contributed by atoms with E-state index in [4.69, 9.17) is 27.9 Å². The zero-order chi connectivity index (χ0) is 17.2. The SMILES string of the molecule is O=C(OC1(c2ccccc2)CCNCC1)c1c(Cl)cc(Br)cc1Cl. The van der Waals surface area contributed by atoms with Gasteiger partial charge in [0.25, 0.3) is 0 Å². The Morgan fingerprint density at radius 3 is 2.25 bits per heavy atom. The van der Waals surface area contributed by atoms with Crippen LogP contribution in [0.15, 0.2) is 46.9 Å². The zero-order valence-corrected chi connectivity index (χ0v) is 15.9. The fourth-order valence-corrected chi connectivity index (χ4v) is 4.35. The second kappa shape index (κ2) is 7.44. The van der Waals surface area contributed by atoms with Gasteiger partial charge >= 0.3 is 5.97 Å². The summed E-state index contributed by atoms with van der Waals surface area (Å²) in [6.07, 6.45) is 1.41. The summed E-state index contributed by atoms with van der Waals surface area (Å²) >= 11 is 15.7. The molecule has 0 unspecified atom stereocenters. The van der Waals surface area contributed by atoms with E-state index in [-0.39, 0.29) is 15.6 Å². The Bertz CT molecular complexity index is 723. The van der Waals surface area contributed by atoms with Crippen molar-refractivity contribution in [2.24, 2.45) is 0 Å². The predicted octanol–water partition coefficient (Wildman–Crippen LogP) is 5.19. The highest BCUT2D eigenvalue weighted by atomic mass is 79.9. The molecule has 1 aliphatic rings. The fraction of sp³-hybridized carbons (Fsp3) is 0.278. The summed E-state index contributed by atoms with van der Waals surface area (Å²) in [5, 5.41) is 3.85. The van der Waals surface area contributed by atoms with Crippen LogP contribution in [0.25, 0.3) is 0 Å². The van der Waals surface area contributed by atoms with Crippen LogP contribution in [-0.4, -0.2) is 19.1 Å². The molecule has 0 spiro atoms. The Hall–Kier alpha value is -1.07. The first kappa shape index (κ1) is 17.7. The maximum Gasteiger partial charge on any atom is 0.342 e. The topological polar surface area (TPSA) is 38.3 Å². The monoisotopic (exact) mass is 427 g/mol. The molecule has 1 N–H and O–H groups in total. The van der Waals surface area contributed by atoms with Crippen LogP contribution in [0.4, 0.5) is 0 Å². The summed E-state index contributed by atoms with van der Waals surface area (Å²) in [6, 6.07) is 13.1. The molecule has 0 saturated carbocycles. The molecule has 6 heteroatoms. The first-order valence-corrected chi connectivity index (χ1v) is 9.21. The van der Waals surface area contributed by atoms with Crippen LogP contribution >= 0.6 is 39.1 Å². The van der Waals surface area contributed by atoms with E-state index in [1.54, 1.807) is 12.1 Å². The molecule has 0 aliphatic carbocycles. The number of halogens is 3. The standard InChI is InChI=1S/C18H16BrCl2NO2/c19-13-10-14(20)16(15(21)11-13)17(23)24-18(6-8-22-9-7-18)12-4-2-1-3-5-12/h1-5,10-11,22H,6-9H2. The number of hydrogen-bond acceptors (Lipinski definition) is 3. The molecule has 1 fully saturated rings. The average Bonchev–Trinajstić information content (AvgIpc) is 2.55. The number of rotatable bonds is 3. The van der Waals surface area contributed by atoms with Gasteiger partial charge in [-0.15, -0.1) is 0 Å².